The summed E-state index contributed by atoms with van der Waals surface area (Å²) in [6.07, 6.45) is 0. The zero-order valence-corrected chi connectivity index (χ0v) is 16.4. The van der Waals surface area contributed by atoms with Crippen molar-refractivity contribution in [3.05, 3.63) is 77.7 Å². The quantitative estimate of drug-likeness (QED) is 0.425. The minimum absolute atomic E-state index is 0.0436. The Balaban J connectivity index is 1.37. The summed E-state index contributed by atoms with van der Waals surface area (Å²) in [5, 5.41) is 7.89. The molecule has 0 saturated carbocycles. The third-order valence-corrected chi connectivity index (χ3v) is 5.94. The highest BCUT2D eigenvalue weighted by Crippen LogP contribution is 2.26. The summed E-state index contributed by atoms with van der Waals surface area (Å²) < 4.78 is 0. The molecule has 1 amide bonds. The van der Waals surface area contributed by atoms with E-state index in [1.807, 2.05) is 29.6 Å². The number of amides is 1. The Hall–Kier alpha value is -2.63. The summed E-state index contributed by atoms with van der Waals surface area (Å²) in [4.78, 5) is 17.9. The van der Waals surface area contributed by atoms with Crippen molar-refractivity contribution in [1.82, 2.24) is 4.98 Å². The maximum absolute atomic E-state index is 12.3. The van der Waals surface area contributed by atoms with Crippen LogP contribution in [0, 0.1) is 6.92 Å². The first-order valence-electron chi connectivity index (χ1n) is 8.61. The lowest BCUT2D eigenvalue weighted by atomic mass is 10.1. The van der Waals surface area contributed by atoms with Gasteiger partial charge in [0.2, 0.25) is 5.91 Å². The van der Waals surface area contributed by atoms with Crippen molar-refractivity contribution in [2.75, 3.05) is 11.1 Å². The summed E-state index contributed by atoms with van der Waals surface area (Å²) in [5.41, 5.74) is 3.16. The van der Waals surface area contributed by atoms with Gasteiger partial charge in [-0.25, -0.2) is 4.98 Å². The molecule has 1 N–H and O–H groups in total. The molecule has 3 nitrogen and oxygen atoms in total. The normalized spacial score (nSPS) is 10.9. The van der Waals surface area contributed by atoms with Gasteiger partial charge in [0.1, 0.15) is 0 Å². The van der Waals surface area contributed by atoms with Crippen LogP contribution in [-0.4, -0.2) is 16.6 Å². The number of nitrogens with one attached hydrogen (secondary N) is 1. The van der Waals surface area contributed by atoms with E-state index in [2.05, 4.69) is 59.7 Å². The van der Waals surface area contributed by atoms with Crippen molar-refractivity contribution in [2.24, 2.45) is 0 Å². The zero-order chi connectivity index (χ0) is 18.6. The Morgan fingerprint density at radius 3 is 2.63 bits per heavy atom. The van der Waals surface area contributed by atoms with Crippen LogP contribution in [0.5, 0.6) is 0 Å². The van der Waals surface area contributed by atoms with Crippen LogP contribution in [0.2, 0.25) is 0 Å². The van der Waals surface area contributed by atoms with Gasteiger partial charge < -0.3 is 5.32 Å². The first-order chi connectivity index (χ1) is 13.2. The van der Waals surface area contributed by atoms with E-state index in [-0.39, 0.29) is 5.91 Å². The van der Waals surface area contributed by atoms with E-state index in [0.29, 0.717) is 10.9 Å². The molecule has 3 aromatic carbocycles. The molecule has 0 aliphatic rings. The Labute approximate surface area is 166 Å². The first kappa shape index (κ1) is 17.8. The van der Waals surface area contributed by atoms with Gasteiger partial charge in [0, 0.05) is 15.8 Å². The molecule has 0 radical (unpaired) electrons. The van der Waals surface area contributed by atoms with Crippen LogP contribution in [0.1, 0.15) is 5.56 Å². The average molecular weight is 391 g/mol. The number of hydrogen-bond donors (Lipinski definition) is 1. The molecule has 0 aliphatic heterocycles. The van der Waals surface area contributed by atoms with Gasteiger partial charge in [0.25, 0.3) is 0 Å². The topological polar surface area (TPSA) is 42.0 Å². The molecule has 0 fully saturated rings. The highest BCUT2D eigenvalue weighted by Gasteiger charge is 2.09. The Morgan fingerprint density at radius 2 is 1.81 bits per heavy atom. The summed E-state index contributed by atoms with van der Waals surface area (Å²) in [6.45, 7) is 2.06. The van der Waals surface area contributed by atoms with E-state index in [4.69, 9.17) is 0 Å². The number of carbonyl (C=O) groups excluding carboxylic acids is 1. The van der Waals surface area contributed by atoms with Crippen LogP contribution >= 0.6 is 23.1 Å². The van der Waals surface area contributed by atoms with Gasteiger partial charge in [0.05, 0.1) is 11.4 Å². The van der Waals surface area contributed by atoms with E-state index in [1.165, 1.54) is 39.4 Å². The predicted octanol–water partition coefficient (Wildman–Crippen LogP) is 6.00. The molecule has 27 heavy (non-hydrogen) atoms. The maximum Gasteiger partial charge on any atom is 0.236 e. The lowest BCUT2D eigenvalue weighted by Gasteiger charge is -2.04. The maximum atomic E-state index is 12.3. The van der Waals surface area contributed by atoms with Crippen molar-refractivity contribution in [2.45, 2.75) is 11.8 Å². The van der Waals surface area contributed by atoms with E-state index >= 15 is 0 Å². The molecule has 4 rings (SSSR count). The van der Waals surface area contributed by atoms with Gasteiger partial charge in [-0.2, -0.15) is 0 Å². The minimum Gasteiger partial charge on any atom is -0.301 e. The van der Waals surface area contributed by atoms with Crippen LogP contribution in [0.4, 0.5) is 5.13 Å². The number of hydrogen-bond acceptors (Lipinski definition) is 4. The lowest BCUT2D eigenvalue weighted by molar-refractivity contribution is -0.113. The molecule has 0 bridgehead atoms. The molecule has 0 atom stereocenters. The fraction of sp³-hybridized carbons (Fsp3) is 0.0909. The number of anilines is 1. The van der Waals surface area contributed by atoms with Gasteiger partial charge in [-0.05, 0) is 29.8 Å². The van der Waals surface area contributed by atoms with Gasteiger partial charge in [-0.3, -0.25) is 4.79 Å². The van der Waals surface area contributed by atoms with Crippen molar-refractivity contribution in [3.8, 4) is 11.3 Å². The van der Waals surface area contributed by atoms with Gasteiger partial charge >= 0.3 is 0 Å². The number of aryl methyl sites for hydroxylation is 1. The van der Waals surface area contributed by atoms with E-state index in [0.717, 1.165) is 16.2 Å². The molecule has 0 unspecified atom stereocenters. The second-order valence-corrected chi connectivity index (χ2v) is 8.16. The van der Waals surface area contributed by atoms with Crippen LogP contribution in [0.15, 0.2) is 77.0 Å². The number of carbonyl (C=O) groups is 1. The fourth-order valence-corrected chi connectivity index (χ4v) is 4.23. The zero-order valence-electron chi connectivity index (χ0n) is 14.8. The molecule has 0 aliphatic carbocycles. The first-order valence-corrected chi connectivity index (χ1v) is 10.5. The van der Waals surface area contributed by atoms with Gasteiger partial charge in [-0.15, -0.1) is 23.1 Å². The van der Waals surface area contributed by atoms with Crippen LogP contribution < -0.4 is 5.32 Å². The molecule has 5 heteroatoms. The third kappa shape index (κ3) is 4.38. The molecule has 0 saturated heterocycles. The van der Waals surface area contributed by atoms with Crippen LogP contribution in [0.3, 0.4) is 0 Å². The van der Waals surface area contributed by atoms with Gasteiger partial charge in [0.15, 0.2) is 5.13 Å². The van der Waals surface area contributed by atoms with Crippen molar-refractivity contribution in [1.29, 1.82) is 0 Å². The average Bonchev–Trinajstić information content (AvgIpc) is 3.15. The summed E-state index contributed by atoms with van der Waals surface area (Å²) in [5.74, 6) is 0.315. The number of fused-ring (bicyclic) bond motifs is 1. The summed E-state index contributed by atoms with van der Waals surface area (Å²) in [7, 11) is 0. The monoisotopic (exact) mass is 390 g/mol. The Kier molecular flexibility index (Phi) is 5.23. The second kappa shape index (κ2) is 7.94. The summed E-state index contributed by atoms with van der Waals surface area (Å²) >= 11 is 2.98. The van der Waals surface area contributed by atoms with Gasteiger partial charge in [-0.1, -0.05) is 60.2 Å². The number of benzene rings is 3. The molecule has 4 aromatic rings. The lowest BCUT2D eigenvalue weighted by Crippen LogP contribution is -2.13. The third-order valence-electron chi connectivity index (χ3n) is 4.19. The highest BCUT2D eigenvalue weighted by molar-refractivity contribution is 8.00. The Morgan fingerprint density at radius 1 is 1.04 bits per heavy atom. The number of aromatic nitrogens is 1. The predicted molar refractivity (Wildman–Crippen MR) is 116 cm³/mol. The SMILES string of the molecule is Cc1ccc(-c2csc(NC(=O)CSc3ccc4ccccc4c3)n2)cc1. The number of rotatable bonds is 5. The summed E-state index contributed by atoms with van der Waals surface area (Å²) in [6, 6.07) is 22.7. The molecule has 1 heterocycles. The fourth-order valence-electron chi connectivity index (χ4n) is 2.75. The largest absolute Gasteiger partial charge is 0.301 e. The van der Waals surface area contributed by atoms with E-state index < -0.39 is 0 Å². The minimum atomic E-state index is -0.0436. The number of nitrogens with zero attached hydrogens (tertiary/aromatic N) is 1. The van der Waals surface area contributed by atoms with Crippen molar-refractivity contribution in [3.63, 3.8) is 0 Å². The molecule has 1 aromatic heterocycles. The smallest absolute Gasteiger partial charge is 0.236 e. The van der Waals surface area contributed by atoms with Crippen molar-refractivity contribution >= 4 is 44.9 Å². The van der Waals surface area contributed by atoms with Crippen LogP contribution in [0.25, 0.3) is 22.0 Å². The number of thiazole rings is 1. The molecular weight excluding hydrogens is 372 g/mol. The van der Waals surface area contributed by atoms with Crippen LogP contribution in [-0.2, 0) is 4.79 Å². The molecule has 134 valence electrons. The highest BCUT2D eigenvalue weighted by atomic mass is 32.2. The Bertz CT molecular complexity index is 1090. The second-order valence-electron chi connectivity index (χ2n) is 6.25. The van der Waals surface area contributed by atoms with E-state index in [9.17, 15) is 4.79 Å². The number of thioether (sulfide) groups is 1. The van der Waals surface area contributed by atoms with Crippen molar-refractivity contribution < 1.29 is 4.79 Å². The standard InChI is InChI=1S/C22H18N2OS2/c1-15-6-8-17(9-7-15)20-13-27-22(23-20)24-21(25)14-26-19-11-10-16-4-2-3-5-18(16)12-19/h2-13H,14H2,1H3,(H,23,24,25). The van der Waals surface area contributed by atoms with E-state index in [1.54, 1.807) is 0 Å². The molecular formula is C22H18N2OS2. The molecule has 0 spiro atoms.